The van der Waals surface area contributed by atoms with Crippen LogP contribution in [-0.2, 0) is 18.3 Å². The Morgan fingerprint density at radius 2 is 1.28 bits per heavy atom. The van der Waals surface area contributed by atoms with Gasteiger partial charge in [0, 0.05) is 11.0 Å². The molecule has 0 unspecified atom stereocenters. The molecule has 5 rings (SSSR count). The summed E-state index contributed by atoms with van der Waals surface area (Å²) in [5.41, 5.74) is 6.40. The standard InChI is InChI=1S/C29H36/c1-3-5-7-25-8-10-26(11-9-25)16-17-28-18-21-29(22-19-28,23-20-28)27-14-12-24(6-4-2)13-15-27/h8-15H,3-7,18-23H2,1-2H3. The summed E-state index contributed by atoms with van der Waals surface area (Å²) in [5, 5.41) is 0. The molecule has 0 aromatic heterocycles. The Morgan fingerprint density at radius 1 is 0.690 bits per heavy atom. The molecule has 3 saturated carbocycles. The largest absolute Gasteiger partial charge is 0.0911 e. The predicted molar refractivity (Wildman–Crippen MR) is 124 cm³/mol. The fourth-order valence-electron chi connectivity index (χ4n) is 5.46. The van der Waals surface area contributed by atoms with Crippen LogP contribution in [0.1, 0.15) is 93.9 Å². The second-order valence-electron chi connectivity index (χ2n) is 9.56. The predicted octanol–water partition coefficient (Wildman–Crippen LogP) is 7.63. The third-order valence-corrected chi connectivity index (χ3v) is 7.60. The van der Waals surface area contributed by atoms with Crippen molar-refractivity contribution >= 4 is 0 Å². The molecule has 0 N–H and O–H groups in total. The molecule has 0 nitrogen and oxygen atoms in total. The van der Waals surface area contributed by atoms with E-state index in [-0.39, 0.29) is 5.41 Å². The molecule has 0 heteroatoms. The van der Waals surface area contributed by atoms with E-state index in [9.17, 15) is 0 Å². The van der Waals surface area contributed by atoms with Crippen LogP contribution in [0.2, 0.25) is 0 Å². The summed E-state index contributed by atoms with van der Waals surface area (Å²) in [6.07, 6.45) is 13.9. The number of benzene rings is 2. The molecule has 0 spiro atoms. The van der Waals surface area contributed by atoms with Gasteiger partial charge in [-0.05, 0) is 92.0 Å². The fraction of sp³-hybridized carbons (Fsp3) is 0.517. The lowest BCUT2D eigenvalue weighted by Crippen LogP contribution is -2.43. The minimum Gasteiger partial charge on any atom is -0.0911 e. The lowest BCUT2D eigenvalue weighted by molar-refractivity contribution is 0.0865. The fourth-order valence-corrected chi connectivity index (χ4v) is 5.46. The molecule has 29 heavy (non-hydrogen) atoms. The van der Waals surface area contributed by atoms with Crippen molar-refractivity contribution in [3.8, 4) is 11.8 Å². The van der Waals surface area contributed by atoms with Crippen LogP contribution in [0.5, 0.6) is 0 Å². The first-order chi connectivity index (χ1) is 14.2. The maximum atomic E-state index is 3.75. The average Bonchev–Trinajstić information content (AvgIpc) is 2.79. The highest BCUT2D eigenvalue weighted by Gasteiger charge is 2.48. The summed E-state index contributed by atoms with van der Waals surface area (Å²) in [5.74, 6) is 7.28. The van der Waals surface area contributed by atoms with Crippen LogP contribution in [0.15, 0.2) is 48.5 Å². The minimum atomic E-state index is 0.269. The molecule has 2 bridgehead atoms. The van der Waals surface area contributed by atoms with E-state index < -0.39 is 0 Å². The lowest BCUT2D eigenvalue weighted by atomic mass is 9.52. The highest BCUT2D eigenvalue weighted by Crippen LogP contribution is 2.57. The molecule has 0 atom stereocenters. The van der Waals surface area contributed by atoms with E-state index >= 15 is 0 Å². The van der Waals surface area contributed by atoms with Crippen molar-refractivity contribution in [1.29, 1.82) is 0 Å². The van der Waals surface area contributed by atoms with Gasteiger partial charge in [-0.1, -0.05) is 74.9 Å². The molecule has 0 heterocycles. The van der Waals surface area contributed by atoms with Crippen molar-refractivity contribution in [2.45, 2.75) is 89.9 Å². The first-order valence-corrected chi connectivity index (χ1v) is 11.9. The zero-order valence-corrected chi connectivity index (χ0v) is 18.4. The van der Waals surface area contributed by atoms with Gasteiger partial charge in [0.25, 0.3) is 0 Å². The molecular formula is C29H36. The number of aryl methyl sites for hydroxylation is 2. The monoisotopic (exact) mass is 384 g/mol. The molecule has 3 aliphatic rings. The maximum Gasteiger partial charge on any atom is 0.0319 e. The van der Waals surface area contributed by atoms with Crippen LogP contribution in [-0.4, -0.2) is 0 Å². The molecule has 3 fully saturated rings. The van der Waals surface area contributed by atoms with Crippen molar-refractivity contribution in [3.05, 3.63) is 70.8 Å². The summed E-state index contributed by atoms with van der Waals surface area (Å²) in [7, 11) is 0. The van der Waals surface area contributed by atoms with Crippen LogP contribution in [0.4, 0.5) is 0 Å². The first-order valence-electron chi connectivity index (χ1n) is 11.9. The molecule has 0 amide bonds. The van der Waals surface area contributed by atoms with E-state index in [0.29, 0.717) is 5.41 Å². The van der Waals surface area contributed by atoms with Crippen LogP contribution in [0.3, 0.4) is 0 Å². The Bertz CT molecular complexity index is 832. The van der Waals surface area contributed by atoms with Gasteiger partial charge in [0.15, 0.2) is 0 Å². The smallest absolute Gasteiger partial charge is 0.0319 e. The Hall–Kier alpha value is -2.00. The van der Waals surface area contributed by atoms with Gasteiger partial charge in [-0.25, -0.2) is 0 Å². The molecular weight excluding hydrogens is 348 g/mol. The van der Waals surface area contributed by atoms with Gasteiger partial charge in [0.1, 0.15) is 0 Å². The third-order valence-electron chi connectivity index (χ3n) is 7.60. The van der Waals surface area contributed by atoms with Crippen LogP contribution < -0.4 is 0 Å². The van der Waals surface area contributed by atoms with E-state index in [2.05, 4.69) is 74.2 Å². The Labute approximate surface area is 178 Å². The van der Waals surface area contributed by atoms with Crippen LogP contribution >= 0.6 is 0 Å². The molecule has 3 aliphatic carbocycles. The number of hydrogen-bond acceptors (Lipinski definition) is 0. The van der Waals surface area contributed by atoms with Crippen molar-refractivity contribution in [1.82, 2.24) is 0 Å². The van der Waals surface area contributed by atoms with Crippen LogP contribution in [0, 0.1) is 17.3 Å². The number of rotatable bonds is 6. The highest BCUT2D eigenvalue weighted by molar-refractivity contribution is 5.39. The number of unbranched alkanes of at least 4 members (excludes halogenated alkanes) is 1. The Morgan fingerprint density at radius 3 is 1.86 bits per heavy atom. The van der Waals surface area contributed by atoms with Crippen LogP contribution in [0.25, 0.3) is 0 Å². The summed E-state index contributed by atoms with van der Waals surface area (Å²) < 4.78 is 0. The normalized spacial score (nSPS) is 25.4. The molecule has 0 aliphatic heterocycles. The summed E-state index contributed by atoms with van der Waals surface area (Å²) in [6.45, 7) is 4.51. The van der Waals surface area contributed by atoms with E-state index in [1.807, 2.05) is 0 Å². The maximum absolute atomic E-state index is 3.75. The lowest BCUT2D eigenvalue weighted by Gasteiger charge is -2.51. The van der Waals surface area contributed by atoms with Crippen molar-refractivity contribution in [2.24, 2.45) is 5.41 Å². The molecule has 2 aromatic carbocycles. The van der Waals surface area contributed by atoms with Gasteiger partial charge in [-0.3, -0.25) is 0 Å². The van der Waals surface area contributed by atoms with Gasteiger partial charge in [0.05, 0.1) is 0 Å². The van der Waals surface area contributed by atoms with Gasteiger partial charge in [-0.15, -0.1) is 0 Å². The number of hydrogen-bond donors (Lipinski definition) is 0. The first kappa shape index (κ1) is 20.3. The highest BCUT2D eigenvalue weighted by atomic mass is 14.5. The minimum absolute atomic E-state index is 0.269. The van der Waals surface area contributed by atoms with E-state index in [1.54, 1.807) is 5.56 Å². The summed E-state index contributed by atoms with van der Waals surface area (Å²) >= 11 is 0. The zero-order valence-electron chi connectivity index (χ0n) is 18.4. The van der Waals surface area contributed by atoms with Gasteiger partial charge in [-0.2, -0.15) is 0 Å². The SMILES string of the molecule is CCCCc1ccc(C#CC23CCC(c4ccc(CCC)cc4)(CC2)CC3)cc1. The Kier molecular flexibility index (Phi) is 6.15. The van der Waals surface area contributed by atoms with E-state index in [1.165, 1.54) is 87.3 Å². The van der Waals surface area contributed by atoms with Gasteiger partial charge >= 0.3 is 0 Å². The molecule has 0 saturated heterocycles. The van der Waals surface area contributed by atoms with E-state index in [0.717, 1.165) is 0 Å². The topological polar surface area (TPSA) is 0 Å². The summed E-state index contributed by atoms with van der Waals surface area (Å²) in [4.78, 5) is 0. The van der Waals surface area contributed by atoms with Crippen molar-refractivity contribution < 1.29 is 0 Å². The molecule has 2 aromatic rings. The third kappa shape index (κ3) is 4.45. The second kappa shape index (κ2) is 8.79. The zero-order chi connectivity index (χ0) is 20.2. The number of fused-ring (bicyclic) bond motifs is 3. The van der Waals surface area contributed by atoms with Gasteiger partial charge < -0.3 is 0 Å². The average molecular weight is 385 g/mol. The molecule has 0 radical (unpaired) electrons. The second-order valence-corrected chi connectivity index (χ2v) is 9.56. The van der Waals surface area contributed by atoms with E-state index in [4.69, 9.17) is 0 Å². The van der Waals surface area contributed by atoms with Crippen molar-refractivity contribution in [3.63, 3.8) is 0 Å². The summed E-state index contributed by atoms with van der Waals surface area (Å²) in [6, 6.07) is 18.6. The van der Waals surface area contributed by atoms with Crippen molar-refractivity contribution in [2.75, 3.05) is 0 Å². The Balaban J connectivity index is 1.42. The van der Waals surface area contributed by atoms with Gasteiger partial charge in [0.2, 0.25) is 0 Å². The molecule has 152 valence electrons. The quantitative estimate of drug-likeness (QED) is 0.449.